The lowest BCUT2D eigenvalue weighted by Crippen LogP contribution is -2.24. The highest BCUT2D eigenvalue weighted by Crippen LogP contribution is 2.34. The minimum atomic E-state index is -0.0946. The van der Waals surface area contributed by atoms with E-state index in [1.807, 2.05) is 60.8 Å². The van der Waals surface area contributed by atoms with Gasteiger partial charge in [-0.1, -0.05) is 30.3 Å². The Kier molecular flexibility index (Phi) is 5.15. The Morgan fingerprint density at radius 2 is 2.04 bits per heavy atom. The molecule has 4 rings (SSSR count). The lowest BCUT2D eigenvalue weighted by atomic mass is 9.88. The maximum Gasteiger partial charge on any atom is 0.221 e. The molecule has 0 aliphatic carbocycles. The van der Waals surface area contributed by atoms with Crippen LogP contribution < -0.4 is 10.1 Å². The third-order valence-corrected chi connectivity index (χ3v) is 4.92. The maximum absolute atomic E-state index is 12.7. The molecule has 4 aromatic rings. The van der Waals surface area contributed by atoms with E-state index in [-0.39, 0.29) is 11.8 Å². The predicted molar refractivity (Wildman–Crippen MR) is 108 cm³/mol. The number of amides is 1. The molecule has 0 saturated heterocycles. The predicted octanol–water partition coefficient (Wildman–Crippen LogP) is 4.61. The van der Waals surface area contributed by atoms with Crippen molar-refractivity contribution in [2.24, 2.45) is 0 Å². The van der Waals surface area contributed by atoms with E-state index in [0.29, 0.717) is 13.0 Å². The molecule has 1 atom stereocenters. The zero-order chi connectivity index (χ0) is 19.3. The number of aromatic nitrogens is 1. The van der Waals surface area contributed by atoms with Gasteiger partial charge in [-0.25, -0.2) is 0 Å². The standard InChI is InChI=1S/C23H22N2O3/c1-27-17-7-4-6-16(12-17)20(13-23(26)25-14-18-8-5-11-28-18)21-15-24-22-10-3-2-9-19(21)22/h2-12,15,20,24H,13-14H2,1H3,(H,25,26)/t20-/m1/s1. The fourth-order valence-electron chi connectivity index (χ4n) is 3.50. The SMILES string of the molecule is COc1cccc([C@@H](CC(=O)NCc2ccco2)c2c[nH]c3ccccc23)c1. The molecule has 5 nitrogen and oxygen atoms in total. The summed E-state index contributed by atoms with van der Waals surface area (Å²) in [6.07, 6.45) is 3.93. The van der Waals surface area contributed by atoms with Gasteiger partial charge in [0.05, 0.1) is 19.9 Å². The van der Waals surface area contributed by atoms with Crippen LogP contribution in [0.3, 0.4) is 0 Å². The van der Waals surface area contributed by atoms with Gasteiger partial charge in [-0.2, -0.15) is 0 Å². The Morgan fingerprint density at radius 1 is 1.14 bits per heavy atom. The average molecular weight is 374 g/mol. The third kappa shape index (κ3) is 3.78. The van der Waals surface area contributed by atoms with E-state index in [4.69, 9.17) is 9.15 Å². The summed E-state index contributed by atoms with van der Waals surface area (Å²) in [7, 11) is 1.65. The number of para-hydroxylation sites is 1. The molecule has 28 heavy (non-hydrogen) atoms. The fraction of sp³-hybridized carbons (Fsp3) is 0.174. The molecule has 0 fully saturated rings. The van der Waals surface area contributed by atoms with Crippen LogP contribution in [-0.4, -0.2) is 18.0 Å². The van der Waals surface area contributed by atoms with Crippen molar-refractivity contribution in [2.45, 2.75) is 18.9 Å². The Hall–Kier alpha value is -3.47. The molecule has 2 heterocycles. The molecular weight excluding hydrogens is 352 g/mol. The van der Waals surface area contributed by atoms with Gasteiger partial charge < -0.3 is 19.5 Å². The lowest BCUT2D eigenvalue weighted by molar-refractivity contribution is -0.121. The van der Waals surface area contributed by atoms with E-state index in [9.17, 15) is 4.79 Å². The number of nitrogens with one attached hydrogen (secondary N) is 2. The van der Waals surface area contributed by atoms with Gasteiger partial charge in [0.15, 0.2) is 0 Å². The van der Waals surface area contributed by atoms with E-state index >= 15 is 0 Å². The second kappa shape index (κ2) is 8.05. The molecule has 2 N–H and O–H groups in total. The first-order valence-electron chi connectivity index (χ1n) is 9.23. The highest BCUT2D eigenvalue weighted by Gasteiger charge is 2.22. The maximum atomic E-state index is 12.7. The molecule has 0 radical (unpaired) electrons. The summed E-state index contributed by atoms with van der Waals surface area (Å²) in [4.78, 5) is 16.0. The molecule has 2 aromatic heterocycles. The van der Waals surface area contributed by atoms with Gasteiger partial charge in [-0.05, 0) is 41.5 Å². The molecule has 142 valence electrons. The number of H-pyrrole nitrogens is 1. The molecule has 2 aromatic carbocycles. The number of carbonyl (C=O) groups excluding carboxylic acids is 1. The number of benzene rings is 2. The van der Waals surface area contributed by atoms with Crippen molar-refractivity contribution < 1.29 is 13.9 Å². The Labute approximate surface area is 163 Å². The lowest BCUT2D eigenvalue weighted by Gasteiger charge is -2.18. The molecule has 0 unspecified atom stereocenters. The van der Waals surface area contributed by atoms with E-state index in [1.54, 1.807) is 13.4 Å². The number of furan rings is 1. The van der Waals surface area contributed by atoms with Crippen molar-refractivity contribution in [1.29, 1.82) is 0 Å². The molecule has 0 aliphatic rings. The van der Waals surface area contributed by atoms with Crippen molar-refractivity contribution in [1.82, 2.24) is 10.3 Å². The number of hydrogen-bond acceptors (Lipinski definition) is 3. The second-order valence-electron chi connectivity index (χ2n) is 6.68. The zero-order valence-corrected chi connectivity index (χ0v) is 15.6. The van der Waals surface area contributed by atoms with Crippen LogP contribution in [0.5, 0.6) is 5.75 Å². The van der Waals surface area contributed by atoms with E-state index in [0.717, 1.165) is 33.5 Å². The van der Waals surface area contributed by atoms with Gasteiger partial charge in [-0.3, -0.25) is 4.79 Å². The summed E-state index contributed by atoms with van der Waals surface area (Å²) in [6, 6.07) is 19.7. The number of hydrogen-bond donors (Lipinski definition) is 2. The summed E-state index contributed by atoms with van der Waals surface area (Å²) in [5, 5.41) is 4.07. The molecule has 1 amide bonds. The number of ether oxygens (including phenoxy) is 1. The van der Waals surface area contributed by atoms with Crippen LogP contribution in [0.4, 0.5) is 0 Å². The smallest absolute Gasteiger partial charge is 0.221 e. The summed E-state index contributed by atoms with van der Waals surface area (Å²) in [5.41, 5.74) is 3.19. The van der Waals surface area contributed by atoms with Gasteiger partial charge in [0.1, 0.15) is 11.5 Å². The summed E-state index contributed by atoms with van der Waals surface area (Å²) >= 11 is 0. The van der Waals surface area contributed by atoms with E-state index in [1.165, 1.54) is 0 Å². The number of fused-ring (bicyclic) bond motifs is 1. The van der Waals surface area contributed by atoms with Crippen LogP contribution >= 0.6 is 0 Å². The zero-order valence-electron chi connectivity index (χ0n) is 15.6. The number of rotatable bonds is 7. The number of aromatic amines is 1. The van der Waals surface area contributed by atoms with Crippen LogP contribution in [0.25, 0.3) is 10.9 Å². The normalized spacial score (nSPS) is 12.0. The third-order valence-electron chi connectivity index (χ3n) is 4.92. The van der Waals surface area contributed by atoms with Gasteiger partial charge in [0, 0.05) is 29.4 Å². The molecule has 5 heteroatoms. The van der Waals surface area contributed by atoms with Gasteiger partial charge in [-0.15, -0.1) is 0 Å². The monoisotopic (exact) mass is 374 g/mol. The fourth-order valence-corrected chi connectivity index (χ4v) is 3.50. The van der Waals surface area contributed by atoms with Gasteiger partial charge >= 0.3 is 0 Å². The van der Waals surface area contributed by atoms with Gasteiger partial charge in [0.2, 0.25) is 5.91 Å². The van der Waals surface area contributed by atoms with Crippen LogP contribution in [0.2, 0.25) is 0 Å². The van der Waals surface area contributed by atoms with Crippen LogP contribution in [0.1, 0.15) is 29.2 Å². The Morgan fingerprint density at radius 3 is 2.86 bits per heavy atom. The average Bonchev–Trinajstić information content (AvgIpc) is 3.40. The largest absolute Gasteiger partial charge is 0.497 e. The summed E-state index contributed by atoms with van der Waals surface area (Å²) in [6.45, 7) is 0.380. The molecule has 0 aliphatic heterocycles. The highest BCUT2D eigenvalue weighted by molar-refractivity contribution is 5.86. The van der Waals surface area contributed by atoms with E-state index in [2.05, 4.69) is 16.4 Å². The number of carbonyl (C=O) groups is 1. The van der Waals surface area contributed by atoms with Crippen molar-refractivity contribution >= 4 is 16.8 Å². The minimum absolute atomic E-state index is 0.0329. The highest BCUT2D eigenvalue weighted by atomic mass is 16.5. The summed E-state index contributed by atoms with van der Waals surface area (Å²) < 4.78 is 10.7. The summed E-state index contributed by atoms with van der Waals surface area (Å²) in [5.74, 6) is 1.38. The first-order chi connectivity index (χ1) is 13.7. The second-order valence-corrected chi connectivity index (χ2v) is 6.68. The van der Waals surface area contributed by atoms with E-state index < -0.39 is 0 Å². The Balaban J connectivity index is 1.64. The number of methoxy groups -OCH3 is 1. The van der Waals surface area contributed by atoms with Crippen molar-refractivity contribution in [2.75, 3.05) is 7.11 Å². The van der Waals surface area contributed by atoms with Crippen molar-refractivity contribution in [3.05, 3.63) is 90.0 Å². The molecule has 0 bridgehead atoms. The van der Waals surface area contributed by atoms with Crippen LogP contribution in [-0.2, 0) is 11.3 Å². The van der Waals surface area contributed by atoms with Crippen LogP contribution in [0.15, 0.2) is 77.5 Å². The minimum Gasteiger partial charge on any atom is -0.497 e. The van der Waals surface area contributed by atoms with Gasteiger partial charge in [0.25, 0.3) is 0 Å². The first kappa shape index (κ1) is 17.9. The van der Waals surface area contributed by atoms with Crippen molar-refractivity contribution in [3.8, 4) is 5.75 Å². The van der Waals surface area contributed by atoms with Crippen LogP contribution in [0, 0.1) is 0 Å². The Bertz CT molecular complexity index is 1070. The first-order valence-corrected chi connectivity index (χ1v) is 9.23. The van der Waals surface area contributed by atoms with Crippen molar-refractivity contribution in [3.63, 3.8) is 0 Å². The molecular formula is C23H22N2O3. The molecule has 0 spiro atoms. The topological polar surface area (TPSA) is 67.3 Å². The quantitative estimate of drug-likeness (QED) is 0.496. The molecule has 0 saturated carbocycles.